The van der Waals surface area contributed by atoms with E-state index in [0.29, 0.717) is 12.8 Å². The molecule has 0 fully saturated rings. The lowest BCUT2D eigenvalue weighted by atomic mass is 10.2. The van der Waals surface area contributed by atoms with E-state index in [1.807, 2.05) is 12.2 Å². The third-order valence-corrected chi connectivity index (χ3v) is 5.83. The molecule has 0 bridgehead atoms. The van der Waals surface area contributed by atoms with Gasteiger partial charge in [0.2, 0.25) is 0 Å². The minimum absolute atomic E-state index is 0.0921. The van der Waals surface area contributed by atoms with Gasteiger partial charge in [0.25, 0.3) is 7.82 Å². The van der Waals surface area contributed by atoms with Crippen LogP contribution in [0.5, 0.6) is 0 Å². The van der Waals surface area contributed by atoms with Crippen molar-refractivity contribution in [2.24, 2.45) is 0 Å². The summed E-state index contributed by atoms with van der Waals surface area (Å²) in [7, 11) is -4.86. The zero-order valence-corrected chi connectivity index (χ0v) is 22.7. The van der Waals surface area contributed by atoms with Crippen LogP contribution >= 0.6 is 7.82 Å². The minimum Gasteiger partial charge on any atom is -0.756 e. The summed E-state index contributed by atoms with van der Waals surface area (Å²) in [6, 6.07) is -1.40. The molecule has 10 nitrogen and oxygen atoms in total. The molecule has 0 saturated carbocycles. The second kappa shape index (κ2) is 23.1. The number of aliphatic carboxylic acids is 1. The number of carboxylic acid groups (broad SMARTS) is 1. The number of rotatable bonds is 23. The Hall–Kier alpha value is -2.07. The lowest BCUT2D eigenvalue weighted by Gasteiger charge is -2.25. The number of hydrogen-bond donors (Lipinski definition) is 2. The Morgan fingerprint density at radius 1 is 0.892 bits per heavy atom. The van der Waals surface area contributed by atoms with Crippen LogP contribution in [-0.4, -0.2) is 49.0 Å². The Morgan fingerprint density at radius 2 is 1.41 bits per heavy atom. The summed E-state index contributed by atoms with van der Waals surface area (Å²) in [6.07, 6.45) is 24.6. The van der Waals surface area contributed by atoms with Gasteiger partial charge in [-0.1, -0.05) is 68.4 Å². The largest absolute Gasteiger partial charge is 0.756 e. The number of allylic oxidation sites excluding steroid dienone is 8. The average Bonchev–Trinajstić information content (AvgIpc) is 2.86. The number of carboxylic acids is 1. The van der Waals surface area contributed by atoms with E-state index in [4.69, 9.17) is 4.74 Å². The Labute approximate surface area is 220 Å². The van der Waals surface area contributed by atoms with E-state index in [1.165, 1.54) is 19.3 Å². The van der Waals surface area contributed by atoms with Crippen molar-refractivity contribution in [3.63, 3.8) is 0 Å². The van der Waals surface area contributed by atoms with Crippen LogP contribution in [0.4, 0.5) is 0 Å². The molecule has 0 aromatic carbocycles. The Balaban J connectivity index is 3.94. The van der Waals surface area contributed by atoms with Crippen LogP contribution in [0, 0.1) is 0 Å². The van der Waals surface area contributed by atoms with Gasteiger partial charge in [-0.3, -0.25) is 9.36 Å². The molecule has 3 atom stereocenters. The van der Waals surface area contributed by atoms with Crippen molar-refractivity contribution in [3.05, 3.63) is 48.6 Å². The van der Waals surface area contributed by atoms with Crippen molar-refractivity contribution in [1.82, 2.24) is 0 Å². The molecule has 212 valence electrons. The van der Waals surface area contributed by atoms with Gasteiger partial charge in [-0.05, 0) is 44.9 Å². The van der Waals surface area contributed by atoms with Crippen molar-refractivity contribution in [2.75, 3.05) is 19.8 Å². The molecule has 0 radical (unpaired) electrons. The fourth-order valence-corrected chi connectivity index (χ4v) is 3.54. The fraction of sp³-hybridized carbons (Fsp3) is 0.615. The van der Waals surface area contributed by atoms with Gasteiger partial charge in [0, 0.05) is 6.42 Å². The van der Waals surface area contributed by atoms with Gasteiger partial charge in [0.05, 0.1) is 13.2 Å². The average molecular weight is 545 g/mol. The molecule has 1 unspecified atom stereocenters. The molecule has 0 aromatic rings. The van der Waals surface area contributed by atoms with Crippen molar-refractivity contribution in [3.8, 4) is 0 Å². The highest BCUT2D eigenvalue weighted by molar-refractivity contribution is 7.45. The van der Waals surface area contributed by atoms with E-state index in [1.54, 1.807) is 0 Å². The number of hydrogen-bond acceptors (Lipinski definition) is 9. The van der Waals surface area contributed by atoms with Crippen molar-refractivity contribution < 1.29 is 48.8 Å². The summed E-state index contributed by atoms with van der Waals surface area (Å²) >= 11 is 0. The zero-order valence-electron chi connectivity index (χ0n) is 21.8. The van der Waals surface area contributed by atoms with Gasteiger partial charge in [0.1, 0.15) is 24.7 Å². The Kier molecular flexibility index (Phi) is 21.8. The number of aliphatic hydroxyl groups excluding tert-OH is 1. The highest BCUT2D eigenvalue weighted by Gasteiger charge is 2.20. The monoisotopic (exact) mass is 544 g/mol. The van der Waals surface area contributed by atoms with Crippen LogP contribution in [0.3, 0.4) is 0 Å². The maximum atomic E-state index is 11.9. The third-order valence-electron chi connectivity index (χ3n) is 4.90. The smallest absolute Gasteiger partial charge is 0.306 e. The first-order valence-electron chi connectivity index (χ1n) is 12.8. The number of esters is 1. The number of carbonyl (C=O) groups excluding carboxylic acids is 2. The highest BCUT2D eigenvalue weighted by Crippen LogP contribution is 2.38. The fourth-order valence-electron chi connectivity index (χ4n) is 2.75. The van der Waals surface area contributed by atoms with E-state index in [0.717, 1.165) is 25.7 Å². The van der Waals surface area contributed by atoms with Crippen LogP contribution in [0.1, 0.15) is 71.1 Å². The molecule has 11 heteroatoms. The van der Waals surface area contributed by atoms with Crippen LogP contribution in [-0.2, 0) is 27.9 Å². The Bertz CT molecular complexity index is 780. The van der Waals surface area contributed by atoms with E-state index in [9.17, 15) is 29.3 Å². The summed E-state index contributed by atoms with van der Waals surface area (Å²) in [4.78, 5) is 34.0. The molecule has 0 aliphatic heterocycles. The summed E-state index contributed by atoms with van der Waals surface area (Å²) in [5.74, 6) is -2.18. The first-order chi connectivity index (χ1) is 17.7. The minimum atomic E-state index is -4.86. The first kappa shape index (κ1) is 34.9. The summed E-state index contributed by atoms with van der Waals surface area (Å²) in [5.41, 5.74) is 3.15. The molecular weight excluding hydrogens is 501 g/mol. The lowest BCUT2D eigenvalue weighted by molar-refractivity contribution is -0.441. The second-order valence-electron chi connectivity index (χ2n) is 8.33. The van der Waals surface area contributed by atoms with Gasteiger partial charge in [-0.15, -0.1) is 0 Å². The molecule has 0 amide bonds. The molecule has 0 spiro atoms. The number of aliphatic hydroxyl groups is 1. The molecule has 4 N–H and O–H groups in total. The number of phosphoric acid groups is 1. The zero-order chi connectivity index (χ0) is 27.8. The second-order valence-corrected chi connectivity index (χ2v) is 9.74. The Morgan fingerprint density at radius 3 is 1.92 bits per heavy atom. The van der Waals surface area contributed by atoms with Crippen molar-refractivity contribution in [1.29, 1.82) is 0 Å². The summed E-state index contributed by atoms with van der Waals surface area (Å²) in [5, 5.41) is 19.8. The number of unbranched alkanes of at least 4 members (excludes halogenated alkanes) is 4. The number of phosphoric ester groups is 1. The topological polar surface area (TPSA) is 173 Å². The number of quaternary nitrogens is 1. The van der Waals surface area contributed by atoms with E-state index in [-0.39, 0.29) is 6.42 Å². The van der Waals surface area contributed by atoms with Gasteiger partial charge in [-0.25, -0.2) is 0 Å². The molecule has 0 aliphatic carbocycles. The predicted octanol–water partition coefficient (Wildman–Crippen LogP) is 1.90. The highest BCUT2D eigenvalue weighted by atomic mass is 31.2. The van der Waals surface area contributed by atoms with E-state index in [2.05, 4.69) is 58.2 Å². The van der Waals surface area contributed by atoms with Gasteiger partial charge >= 0.3 is 5.97 Å². The molecule has 37 heavy (non-hydrogen) atoms. The maximum Gasteiger partial charge on any atom is 0.306 e. The lowest BCUT2D eigenvalue weighted by Crippen LogP contribution is -2.70. The maximum absolute atomic E-state index is 11.9. The number of carbonyl (C=O) groups is 2. The molecule has 0 heterocycles. The molecule has 0 aromatic heterocycles. The van der Waals surface area contributed by atoms with Gasteiger partial charge in [0.15, 0.2) is 0 Å². The van der Waals surface area contributed by atoms with E-state index >= 15 is 0 Å². The van der Waals surface area contributed by atoms with Crippen LogP contribution < -0.4 is 15.7 Å². The van der Waals surface area contributed by atoms with Crippen LogP contribution in [0.25, 0.3) is 0 Å². The van der Waals surface area contributed by atoms with Crippen molar-refractivity contribution in [2.45, 2.75) is 83.3 Å². The predicted molar refractivity (Wildman–Crippen MR) is 137 cm³/mol. The summed E-state index contributed by atoms with van der Waals surface area (Å²) in [6.45, 7) is 0.133. The molecule has 0 rings (SSSR count). The standard InChI is InChI=1S/C26H44NO9P/c1-2-3-4-5-6-7-8-9-10-11-12-13-14-15-16-17-18-19-25(29)36-23(20-28)21-34-37(32,33)35-22-24(27)26(30)31/h6-7,9-10,12-13,15-16,23-24,28H,2-5,8,11,14,17-22,27H2,1H3,(H,30,31)(H,32,33)/p-1/b7-6-,10-9-,13-12-,16-15-/t23-,24+/m1/s1. The normalized spacial score (nSPS) is 15.6. The van der Waals surface area contributed by atoms with E-state index < -0.39 is 51.7 Å². The summed E-state index contributed by atoms with van der Waals surface area (Å²) < 4.78 is 25.5. The quantitative estimate of drug-likeness (QED) is 0.0843. The molecule has 0 aliphatic rings. The van der Waals surface area contributed by atoms with Crippen LogP contribution in [0.15, 0.2) is 48.6 Å². The van der Waals surface area contributed by atoms with Crippen molar-refractivity contribution >= 4 is 19.8 Å². The third kappa shape index (κ3) is 22.8. The SMILES string of the molecule is CCCCC/C=C\C/C=C\C/C=C\C/C=C\CCCC(=O)O[C@H](CO)COP(=O)([O-])OC[C@H]([NH3+])C(=O)[O-]. The molecular formula is C26H43NO9P-. The van der Waals surface area contributed by atoms with Gasteiger partial charge in [-0.2, -0.15) is 0 Å². The van der Waals surface area contributed by atoms with Gasteiger partial charge < -0.3 is 39.4 Å². The molecule has 0 saturated heterocycles. The number of ether oxygens (including phenoxy) is 1. The van der Waals surface area contributed by atoms with Crippen LogP contribution in [0.2, 0.25) is 0 Å². The first-order valence-corrected chi connectivity index (χ1v) is 14.2.